The average molecular weight is 459 g/mol. The van der Waals surface area contributed by atoms with Gasteiger partial charge in [0.1, 0.15) is 17.3 Å². The summed E-state index contributed by atoms with van der Waals surface area (Å²) in [6.07, 6.45) is 0. The molecule has 1 amide bonds. The Morgan fingerprint density at radius 1 is 1.03 bits per heavy atom. The van der Waals surface area contributed by atoms with Crippen molar-refractivity contribution in [1.29, 1.82) is 0 Å². The van der Waals surface area contributed by atoms with E-state index in [4.69, 9.17) is 9.47 Å². The third-order valence-corrected chi connectivity index (χ3v) is 5.95. The summed E-state index contributed by atoms with van der Waals surface area (Å²) in [6, 6.07) is 16.6. The first-order chi connectivity index (χ1) is 15.3. The highest BCUT2D eigenvalue weighted by Crippen LogP contribution is 2.29. The third-order valence-electron chi connectivity index (χ3n) is 4.55. The van der Waals surface area contributed by atoms with Crippen LogP contribution in [0.2, 0.25) is 0 Å². The van der Waals surface area contributed by atoms with E-state index in [0.29, 0.717) is 12.4 Å². The quantitative estimate of drug-likeness (QED) is 0.506. The zero-order valence-electron chi connectivity index (χ0n) is 17.6. The summed E-state index contributed by atoms with van der Waals surface area (Å²) in [4.78, 5) is 12.5. The second-order valence-corrected chi connectivity index (χ2v) is 8.46. The fraction of sp³-hybridized carbons (Fsp3) is 0.174. The molecule has 0 radical (unpaired) electrons. The van der Waals surface area contributed by atoms with Gasteiger partial charge in [-0.3, -0.25) is 4.79 Å². The lowest BCUT2D eigenvalue weighted by Crippen LogP contribution is -2.23. The van der Waals surface area contributed by atoms with Crippen molar-refractivity contribution in [3.63, 3.8) is 0 Å². The molecular formula is C23H23FN2O5S. The second-order valence-electron chi connectivity index (χ2n) is 6.70. The molecule has 0 aliphatic heterocycles. The molecule has 2 N–H and O–H groups in total. The molecule has 3 aromatic carbocycles. The number of rotatable bonds is 9. The molecule has 0 aromatic heterocycles. The molecule has 0 bridgehead atoms. The highest BCUT2D eigenvalue weighted by atomic mass is 32.2. The van der Waals surface area contributed by atoms with Crippen LogP contribution in [-0.2, 0) is 16.6 Å². The van der Waals surface area contributed by atoms with Gasteiger partial charge in [-0.1, -0.05) is 24.3 Å². The Morgan fingerprint density at radius 3 is 2.41 bits per heavy atom. The van der Waals surface area contributed by atoms with Gasteiger partial charge in [0.05, 0.1) is 29.9 Å². The van der Waals surface area contributed by atoms with Gasteiger partial charge in [-0.2, -0.15) is 0 Å². The van der Waals surface area contributed by atoms with Gasteiger partial charge in [-0.05, 0) is 55.0 Å². The molecular weight excluding hydrogens is 435 g/mol. The number of ether oxygens (including phenoxy) is 2. The molecule has 0 saturated heterocycles. The molecule has 168 valence electrons. The standard InChI is InChI=1S/C23H23FN2O5S/c1-3-31-22-13-12-18(14-21(22)26-23(27)19-6-4-5-7-20(19)24)32(28,29)25-15-16-8-10-17(30-2)11-9-16/h4-14,25H,3,15H2,1-2H3,(H,26,27). The summed E-state index contributed by atoms with van der Waals surface area (Å²) in [7, 11) is -2.35. The Labute approximate surface area is 186 Å². The van der Waals surface area contributed by atoms with Crippen molar-refractivity contribution in [2.24, 2.45) is 0 Å². The van der Waals surface area contributed by atoms with Gasteiger partial charge in [0, 0.05) is 6.54 Å². The Kier molecular flexibility index (Phi) is 7.45. The highest BCUT2D eigenvalue weighted by molar-refractivity contribution is 7.89. The molecule has 3 aromatic rings. The van der Waals surface area contributed by atoms with Crippen LogP contribution < -0.4 is 19.5 Å². The molecule has 0 aliphatic carbocycles. The second kappa shape index (κ2) is 10.3. The van der Waals surface area contributed by atoms with Crippen LogP contribution in [0.15, 0.2) is 71.6 Å². The Balaban J connectivity index is 1.83. The maximum Gasteiger partial charge on any atom is 0.258 e. The molecule has 0 atom stereocenters. The van der Waals surface area contributed by atoms with E-state index in [1.807, 2.05) is 0 Å². The van der Waals surface area contributed by atoms with E-state index in [9.17, 15) is 17.6 Å². The highest BCUT2D eigenvalue weighted by Gasteiger charge is 2.19. The largest absolute Gasteiger partial charge is 0.497 e. The van der Waals surface area contributed by atoms with Crippen molar-refractivity contribution < 1.29 is 27.1 Å². The summed E-state index contributed by atoms with van der Waals surface area (Å²) >= 11 is 0. The van der Waals surface area contributed by atoms with Gasteiger partial charge in [0.2, 0.25) is 10.0 Å². The molecule has 0 heterocycles. The van der Waals surface area contributed by atoms with E-state index in [2.05, 4.69) is 10.0 Å². The Morgan fingerprint density at radius 2 is 1.75 bits per heavy atom. The SMILES string of the molecule is CCOc1ccc(S(=O)(=O)NCc2ccc(OC)cc2)cc1NC(=O)c1ccccc1F. The van der Waals surface area contributed by atoms with Crippen molar-refractivity contribution in [1.82, 2.24) is 4.72 Å². The van der Waals surface area contributed by atoms with Crippen LogP contribution >= 0.6 is 0 Å². The van der Waals surface area contributed by atoms with Crippen molar-refractivity contribution in [2.45, 2.75) is 18.4 Å². The van der Waals surface area contributed by atoms with Crippen LogP contribution in [0.25, 0.3) is 0 Å². The molecule has 3 rings (SSSR count). The van der Waals surface area contributed by atoms with Crippen LogP contribution in [0.1, 0.15) is 22.8 Å². The number of benzene rings is 3. The number of amides is 1. The molecule has 9 heteroatoms. The van der Waals surface area contributed by atoms with Crippen LogP contribution in [-0.4, -0.2) is 28.0 Å². The molecule has 0 spiro atoms. The van der Waals surface area contributed by atoms with E-state index >= 15 is 0 Å². The normalized spacial score (nSPS) is 11.1. The van der Waals surface area contributed by atoms with Crippen molar-refractivity contribution in [3.8, 4) is 11.5 Å². The lowest BCUT2D eigenvalue weighted by Gasteiger charge is -2.14. The molecule has 0 unspecified atom stereocenters. The van der Waals surface area contributed by atoms with Crippen LogP contribution in [0.3, 0.4) is 0 Å². The number of nitrogens with one attached hydrogen (secondary N) is 2. The van der Waals surface area contributed by atoms with E-state index < -0.39 is 21.7 Å². The smallest absolute Gasteiger partial charge is 0.258 e. The van der Waals surface area contributed by atoms with Crippen LogP contribution in [0, 0.1) is 5.82 Å². The summed E-state index contributed by atoms with van der Waals surface area (Å²) in [5.74, 6) is -0.470. The van der Waals surface area contributed by atoms with Gasteiger partial charge in [-0.25, -0.2) is 17.5 Å². The lowest BCUT2D eigenvalue weighted by atomic mass is 10.2. The first-order valence-electron chi connectivity index (χ1n) is 9.79. The van der Waals surface area contributed by atoms with Gasteiger partial charge < -0.3 is 14.8 Å². The maximum atomic E-state index is 14.0. The number of methoxy groups -OCH3 is 1. The zero-order valence-corrected chi connectivity index (χ0v) is 18.4. The molecule has 0 saturated carbocycles. The summed E-state index contributed by atoms with van der Waals surface area (Å²) in [5, 5.41) is 2.54. The fourth-order valence-corrected chi connectivity index (χ4v) is 3.94. The Bertz CT molecular complexity index is 1200. The average Bonchev–Trinajstić information content (AvgIpc) is 2.79. The maximum absolute atomic E-state index is 14.0. The van der Waals surface area contributed by atoms with Crippen molar-refractivity contribution in [2.75, 3.05) is 19.0 Å². The first kappa shape index (κ1) is 23.2. The predicted molar refractivity (Wildman–Crippen MR) is 119 cm³/mol. The first-order valence-corrected chi connectivity index (χ1v) is 11.3. The zero-order chi connectivity index (χ0) is 23.1. The van der Waals surface area contributed by atoms with Gasteiger partial charge >= 0.3 is 0 Å². The number of carbonyl (C=O) groups is 1. The fourth-order valence-electron chi connectivity index (χ4n) is 2.90. The number of sulfonamides is 1. The molecule has 32 heavy (non-hydrogen) atoms. The Hall–Kier alpha value is -3.43. The van der Waals surface area contributed by atoms with Gasteiger partial charge in [0.25, 0.3) is 5.91 Å². The minimum atomic E-state index is -3.90. The van der Waals surface area contributed by atoms with Gasteiger partial charge in [0.15, 0.2) is 0 Å². The number of hydrogen-bond acceptors (Lipinski definition) is 5. The van der Waals surface area contributed by atoms with E-state index in [0.717, 1.165) is 5.56 Å². The summed E-state index contributed by atoms with van der Waals surface area (Å²) in [6.45, 7) is 2.12. The van der Waals surface area contributed by atoms with Crippen LogP contribution in [0.4, 0.5) is 10.1 Å². The van der Waals surface area contributed by atoms with Crippen molar-refractivity contribution in [3.05, 3.63) is 83.7 Å². The summed E-state index contributed by atoms with van der Waals surface area (Å²) < 4.78 is 52.7. The van der Waals surface area contributed by atoms with E-state index in [-0.39, 0.29) is 28.4 Å². The van der Waals surface area contributed by atoms with E-state index in [1.165, 1.54) is 42.5 Å². The number of hydrogen-bond donors (Lipinski definition) is 2. The van der Waals surface area contributed by atoms with E-state index in [1.54, 1.807) is 38.3 Å². The molecule has 7 nitrogen and oxygen atoms in total. The minimum absolute atomic E-state index is 0.0659. The number of carbonyl (C=O) groups excluding carboxylic acids is 1. The topological polar surface area (TPSA) is 93.7 Å². The lowest BCUT2D eigenvalue weighted by molar-refractivity contribution is 0.102. The third kappa shape index (κ3) is 5.63. The molecule has 0 fully saturated rings. The van der Waals surface area contributed by atoms with Crippen molar-refractivity contribution >= 4 is 21.6 Å². The number of anilines is 1. The minimum Gasteiger partial charge on any atom is -0.497 e. The number of halogens is 1. The predicted octanol–water partition coefficient (Wildman–Crippen LogP) is 3.96. The summed E-state index contributed by atoms with van der Waals surface area (Å²) in [5.41, 5.74) is 0.696. The van der Waals surface area contributed by atoms with Gasteiger partial charge in [-0.15, -0.1) is 0 Å². The monoisotopic (exact) mass is 458 g/mol. The van der Waals surface area contributed by atoms with Crippen LogP contribution in [0.5, 0.6) is 11.5 Å². The molecule has 0 aliphatic rings.